The molecule has 7 nitrogen and oxygen atoms in total. The molecule has 3 N–H and O–H groups in total. The van der Waals surface area contributed by atoms with Gasteiger partial charge >= 0.3 is 0 Å². The lowest BCUT2D eigenvalue weighted by atomic mass is 10.0. The fourth-order valence-electron chi connectivity index (χ4n) is 2.95. The number of hydrogen-bond acceptors (Lipinski definition) is 6. The predicted molar refractivity (Wildman–Crippen MR) is 96.7 cm³/mol. The summed E-state index contributed by atoms with van der Waals surface area (Å²) in [4.78, 5) is 23.2. The van der Waals surface area contributed by atoms with Crippen LogP contribution < -0.4 is 5.32 Å². The lowest BCUT2D eigenvalue weighted by molar-refractivity contribution is -0.385. The molecule has 1 amide bonds. The number of nitrogens with one attached hydrogen (secondary N) is 1. The zero-order valence-electron chi connectivity index (χ0n) is 14.0. The molecule has 0 radical (unpaired) electrons. The summed E-state index contributed by atoms with van der Waals surface area (Å²) in [6.07, 6.45) is 5.20. The standard InChI is InChI=1S/C17H24N2O5S/c20-10-15(21)11-25-16-8-13(7-14(9-16)19(23)24)18-17(22)6-5-12-3-1-2-4-12/h7-9,12,15,20-21H,1-6,10-11H2,(H,18,22)/t15-/m0/s1. The van der Waals surface area contributed by atoms with Crippen LogP contribution in [0, 0.1) is 16.0 Å². The summed E-state index contributed by atoms with van der Waals surface area (Å²) in [7, 11) is 0. The first-order valence-electron chi connectivity index (χ1n) is 8.49. The fraction of sp³-hybridized carbons (Fsp3) is 0.588. The molecule has 1 aromatic carbocycles. The Labute approximate surface area is 151 Å². The summed E-state index contributed by atoms with van der Waals surface area (Å²) in [5.41, 5.74) is 0.265. The number of aliphatic hydroxyl groups is 2. The van der Waals surface area contributed by atoms with Gasteiger partial charge in [-0.05, 0) is 18.4 Å². The summed E-state index contributed by atoms with van der Waals surface area (Å²) in [5.74, 6) is 0.688. The number of hydrogen-bond donors (Lipinski definition) is 3. The van der Waals surface area contributed by atoms with Crippen molar-refractivity contribution in [1.29, 1.82) is 0 Å². The van der Waals surface area contributed by atoms with Crippen molar-refractivity contribution in [2.45, 2.75) is 49.5 Å². The van der Waals surface area contributed by atoms with E-state index < -0.39 is 11.0 Å². The maximum Gasteiger partial charge on any atom is 0.272 e. The van der Waals surface area contributed by atoms with E-state index >= 15 is 0 Å². The number of nitro groups is 1. The number of rotatable bonds is 9. The smallest absolute Gasteiger partial charge is 0.272 e. The second-order valence-corrected chi connectivity index (χ2v) is 7.45. The minimum atomic E-state index is -0.895. The Bertz CT molecular complexity index is 605. The van der Waals surface area contributed by atoms with Crippen molar-refractivity contribution < 1.29 is 19.9 Å². The van der Waals surface area contributed by atoms with E-state index in [1.54, 1.807) is 6.07 Å². The van der Waals surface area contributed by atoms with Crippen LogP contribution in [0.4, 0.5) is 11.4 Å². The average Bonchev–Trinajstić information content (AvgIpc) is 3.11. The van der Waals surface area contributed by atoms with Gasteiger partial charge < -0.3 is 15.5 Å². The zero-order chi connectivity index (χ0) is 18.2. The van der Waals surface area contributed by atoms with Crippen molar-refractivity contribution in [3.8, 4) is 0 Å². The summed E-state index contributed by atoms with van der Waals surface area (Å²) in [6.45, 7) is -0.368. The Morgan fingerprint density at radius 1 is 1.36 bits per heavy atom. The minimum Gasteiger partial charge on any atom is -0.394 e. The number of benzene rings is 1. The number of non-ortho nitro benzene ring substituents is 1. The third-order valence-corrected chi connectivity index (χ3v) is 5.41. The van der Waals surface area contributed by atoms with Crippen LogP contribution in [0.15, 0.2) is 23.1 Å². The molecule has 0 unspecified atom stereocenters. The monoisotopic (exact) mass is 368 g/mol. The molecule has 0 aliphatic heterocycles. The number of thioether (sulfide) groups is 1. The highest BCUT2D eigenvalue weighted by atomic mass is 32.2. The van der Waals surface area contributed by atoms with E-state index in [-0.39, 0.29) is 24.0 Å². The Kier molecular flexibility index (Phi) is 7.67. The van der Waals surface area contributed by atoms with Crippen molar-refractivity contribution in [1.82, 2.24) is 0 Å². The highest BCUT2D eigenvalue weighted by Crippen LogP contribution is 2.30. The van der Waals surface area contributed by atoms with Gasteiger partial charge in [-0.1, -0.05) is 25.7 Å². The second kappa shape index (κ2) is 9.74. The quantitative estimate of drug-likeness (QED) is 0.351. The largest absolute Gasteiger partial charge is 0.394 e. The van der Waals surface area contributed by atoms with E-state index in [0.717, 1.165) is 6.42 Å². The number of nitro benzene ring substituents is 1. The molecular weight excluding hydrogens is 344 g/mol. The van der Waals surface area contributed by atoms with Gasteiger partial charge in [0.2, 0.25) is 5.91 Å². The molecule has 1 aliphatic rings. The molecule has 25 heavy (non-hydrogen) atoms. The highest BCUT2D eigenvalue weighted by Gasteiger charge is 2.17. The molecule has 1 fully saturated rings. The maximum atomic E-state index is 12.1. The number of amides is 1. The number of aliphatic hydroxyl groups excluding tert-OH is 2. The molecule has 1 aromatic rings. The number of anilines is 1. The summed E-state index contributed by atoms with van der Waals surface area (Å²) < 4.78 is 0. The SMILES string of the molecule is O=C(CCC1CCCC1)Nc1cc(SC[C@@H](O)CO)cc([N+](=O)[O-])c1. The van der Waals surface area contributed by atoms with E-state index in [4.69, 9.17) is 5.11 Å². The molecular formula is C17H24N2O5S. The molecule has 0 saturated heterocycles. The molecule has 1 saturated carbocycles. The van der Waals surface area contributed by atoms with Gasteiger partial charge in [-0.15, -0.1) is 11.8 Å². The number of nitrogens with zero attached hydrogens (tertiary/aromatic N) is 1. The number of carbonyl (C=O) groups is 1. The van der Waals surface area contributed by atoms with Crippen LogP contribution in [0.2, 0.25) is 0 Å². The van der Waals surface area contributed by atoms with Crippen molar-refractivity contribution >= 4 is 29.0 Å². The summed E-state index contributed by atoms with van der Waals surface area (Å²) >= 11 is 1.19. The zero-order valence-corrected chi connectivity index (χ0v) is 14.8. The van der Waals surface area contributed by atoms with Gasteiger partial charge in [-0.25, -0.2) is 0 Å². The third kappa shape index (κ3) is 6.64. The average molecular weight is 368 g/mol. The van der Waals surface area contributed by atoms with E-state index in [1.807, 2.05) is 0 Å². The Morgan fingerprint density at radius 2 is 2.08 bits per heavy atom. The van der Waals surface area contributed by atoms with E-state index in [2.05, 4.69) is 5.32 Å². The minimum absolute atomic E-state index is 0.116. The van der Waals surface area contributed by atoms with E-state index in [9.17, 15) is 20.0 Å². The molecule has 8 heteroatoms. The molecule has 2 rings (SSSR count). The van der Waals surface area contributed by atoms with Crippen LogP contribution in [0.3, 0.4) is 0 Å². The van der Waals surface area contributed by atoms with Crippen molar-refractivity contribution in [2.75, 3.05) is 17.7 Å². The molecule has 0 heterocycles. The van der Waals surface area contributed by atoms with Crippen LogP contribution in [-0.4, -0.2) is 39.5 Å². The second-order valence-electron chi connectivity index (χ2n) is 6.36. The van der Waals surface area contributed by atoms with E-state index in [0.29, 0.717) is 22.9 Å². The van der Waals surface area contributed by atoms with Crippen LogP contribution in [0.1, 0.15) is 38.5 Å². The van der Waals surface area contributed by atoms with Gasteiger partial charge in [0.25, 0.3) is 5.69 Å². The van der Waals surface area contributed by atoms with Crippen molar-refractivity contribution in [3.05, 3.63) is 28.3 Å². The maximum absolute atomic E-state index is 12.1. The van der Waals surface area contributed by atoms with Crippen LogP contribution in [-0.2, 0) is 4.79 Å². The van der Waals surface area contributed by atoms with Gasteiger partial charge in [0, 0.05) is 34.9 Å². The van der Waals surface area contributed by atoms with Crippen molar-refractivity contribution in [3.63, 3.8) is 0 Å². The summed E-state index contributed by atoms with van der Waals surface area (Å²) in [5, 5.41) is 32.1. The third-order valence-electron chi connectivity index (χ3n) is 4.29. The highest BCUT2D eigenvalue weighted by molar-refractivity contribution is 7.99. The van der Waals surface area contributed by atoms with Gasteiger partial charge in [-0.3, -0.25) is 14.9 Å². The van der Waals surface area contributed by atoms with Gasteiger partial charge in [0.1, 0.15) is 0 Å². The van der Waals surface area contributed by atoms with Gasteiger partial charge in [0.05, 0.1) is 17.6 Å². The molecule has 138 valence electrons. The number of carbonyl (C=O) groups excluding carboxylic acids is 1. The molecule has 0 spiro atoms. The first-order chi connectivity index (χ1) is 12.0. The normalized spacial score (nSPS) is 15.9. The lowest BCUT2D eigenvalue weighted by Crippen LogP contribution is -2.15. The van der Waals surface area contributed by atoms with Crippen LogP contribution in [0.25, 0.3) is 0 Å². The Hall–Kier alpha value is -1.64. The molecule has 0 aromatic heterocycles. The van der Waals surface area contributed by atoms with Crippen LogP contribution in [0.5, 0.6) is 0 Å². The topological polar surface area (TPSA) is 113 Å². The Morgan fingerprint density at radius 3 is 2.72 bits per heavy atom. The van der Waals surface area contributed by atoms with Crippen molar-refractivity contribution in [2.24, 2.45) is 5.92 Å². The molecule has 0 bridgehead atoms. The fourth-order valence-corrected chi connectivity index (χ4v) is 3.85. The lowest BCUT2D eigenvalue weighted by Gasteiger charge is -2.11. The van der Waals surface area contributed by atoms with Gasteiger partial charge in [0.15, 0.2) is 0 Å². The first kappa shape index (κ1) is 19.7. The molecule has 1 atom stereocenters. The van der Waals surface area contributed by atoms with Crippen LogP contribution >= 0.6 is 11.8 Å². The summed E-state index contributed by atoms with van der Waals surface area (Å²) in [6, 6.07) is 4.37. The van der Waals surface area contributed by atoms with Gasteiger partial charge in [-0.2, -0.15) is 0 Å². The predicted octanol–water partition coefficient (Wildman–Crippen LogP) is 2.95. The molecule has 1 aliphatic carbocycles. The van der Waals surface area contributed by atoms with E-state index in [1.165, 1.54) is 49.6 Å². The first-order valence-corrected chi connectivity index (χ1v) is 9.47. The Balaban J connectivity index is 1.98.